The van der Waals surface area contributed by atoms with Crippen LogP contribution in [0.1, 0.15) is 22.3 Å². The van der Waals surface area contributed by atoms with Crippen molar-refractivity contribution in [2.75, 3.05) is 32.2 Å². The molecule has 3 rings (SSSR count). The van der Waals surface area contributed by atoms with Gasteiger partial charge in [-0.05, 0) is 36.6 Å². The van der Waals surface area contributed by atoms with Gasteiger partial charge in [0.1, 0.15) is 11.5 Å². The molecule has 7 heteroatoms. The number of nitrogens with zero attached hydrogens (tertiary/aromatic N) is 1. The number of methoxy groups -OCH3 is 2. The number of para-hydroxylation sites is 1. The Morgan fingerprint density at radius 2 is 1.89 bits per heavy atom. The summed E-state index contributed by atoms with van der Waals surface area (Å²) in [6.07, 6.45) is 2.02. The molecule has 0 radical (unpaired) electrons. The number of amides is 2. The van der Waals surface area contributed by atoms with E-state index in [0.29, 0.717) is 17.1 Å². The van der Waals surface area contributed by atoms with E-state index < -0.39 is 5.91 Å². The van der Waals surface area contributed by atoms with Crippen molar-refractivity contribution in [3.63, 3.8) is 0 Å². The molecule has 2 aromatic carbocycles. The van der Waals surface area contributed by atoms with Crippen LogP contribution in [0, 0.1) is 0 Å². The van der Waals surface area contributed by atoms with Crippen molar-refractivity contribution in [2.45, 2.75) is 12.8 Å². The molecule has 1 heterocycles. The van der Waals surface area contributed by atoms with Crippen molar-refractivity contribution in [1.82, 2.24) is 10.9 Å². The number of fused-ring (bicyclic) bond motifs is 1. The molecule has 0 aliphatic carbocycles. The first-order valence-electron chi connectivity index (χ1n) is 8.76. The van der Waals surface area contributed by atoms with E-state index in [-0.39, 0.29) is 12.5 Å². The zero-order chi connectivity index (χ0) is 19.2. The lowest BCUT2D eigenvalue weighted by Crippen LogP contribution is -2.47. The minimum atomic E-state index is -0.457. The van der Waals surface area contributed by atoms with E-state index in [1.165, 1.54) is 19.8 Å². The summed E-state index contributed by atoms with van der Waals surface area (Å²) in [5, 5.41) is 0. The molecule has 0 bridgehead atoms. The predicted octanol–water partition coefficient (Wildman–Crippen LogP) is 1.92. The molecule has 0 fully saturated rings. The summed E-state index contributed by atoms with van der Waals surface area (Å²) in [6.45, 7) is 0.988. The van der Waals surface area contributed by atoms with Gasteiger partial charge in [0.2, 0.25) is 0 Å². The highest BCUT2D eigenvalue weighted by Gasteiger charge is 2.19. The van der Waals surface area contributed by atoms with Crippen LogP contribution < -0.4 is 25.2 Å². The van der Waals surface area contributed by atoms with Crippen LogP contribution in [-0.2, 0) is 11.2 Å². The summed E-state index contributed by atoms with van der Waals surface area (Å²) in [6, 6.07) is 12.9. The fourth-order valence-corrected chi connectivity index (χ4v) is 3.17. The molecule has 2 N–H and O–H groups in total. The van der Waals surface area contributed by atoms with E-state index >= 15 is 0 Å². The number of carbonyl (C=O) groups excluding carboxylic acids is 2. The number of benzene rings is 2. The van der Waals surface area contributed by atoms with Gasteiger partial charge in [-0.2, -0.15) is 0 Å². The highest BCUT2D eigenvalue weighted by Crippen LogP contribution is 2.26. The first-order chi connectivity index (χ1) is 13.1. The van der Waals surface area contributed by atoms with E-state index in [1.54, 1.807) is 18.2 Å². The molecular formula is C20H23N3O4. The Kier molecular flexibility index (Phi) is 5.80. The molecule has 0 spiro atoms. The molecule has 0 saturated heterocycles. The molecule has 0 atom stereocenters. The van der Waals surface area contributed by atoms with Crippen molar-refractivity contribution in [1.29, 1.82) is 0 Å². The van der Waals surface area contributed by atoms with Crippen molar-refractivity contribution >= 4 is 17.5 Å². The van der Waals surface area contributed by atoms with Crippen LogP contribution >= 0.6 is 0 Å². The number of carbonyl (C=O) groups is 2. The van der Waals surface area contributed by atoms with E-state index in [4.69, 9.17) is 9.47 Å². The van der Waals surface area contributed by atoms with Crippen LogP contribution in [0.2, 0.25) is 0 Å². The Morgan fingerprint density at radius 1 is 1.07 bits per heavy atom. The van der Waals surface area contributed by atoms with E-state index in [0.717, 1.165) is 25.1 Å². The van der Waals surface area contributed by atoms with Crippen molar-refractivity contribution in [2.24, 2.45) is 0 Å². The number of aryl methyl sites for hydroxylation is 1. The third-order valence-corrected chi connectivity index (χ3v) is 4.51. The van der Waals surface area contributed by atoms with E-state index in [9.17, 15) is 9.59 Å². The normalized spacial score (nSPS) is 12.7. The third-order valence-electron chi connectivity index (χ3n) is 4.51. The molecule has 142 valence electrons. The fourth-order valence-electron chi connectivity index (χ4n) is 3.17. The standard InChI is InChI=1S/C20H23N3O4/c1-26-15-9-10-16(18(12-15)27-2)20(25)22-21-19(24)13-23-11-5-7-14-6-3-4-8-17(14)23/h3-4,6,8-10,12H,5,7,11,13H2,1-2H3,(H,21,24)(H,22,25). The summed E-state index contributed by atoms with van der Waals surface area (Å²) in [5.41, 5.74) is 7.53. The fraction of sp³-hybridized carbons (Fsp3) is 0.300. The number of ether oxygens (including phenoxy) is 2. The largest absolute Gasteiger partial charge is 0.497 e. The number of hydrogen-bond acceptors (Lipinski definition) is 5. The third kappa shape index (κ3) is 4.31. The number of anilines is 1. The summed E-state index contributed by atoms with van der Waals surface area (Å²) >= 11 is 0. The second kappa shape index (κ2) is 8.44. The zero-order valence-electron chi connectivity index (χ0n) is 15.5. The average molecular weight is 369 g/mol. The molecule has 0 saturated carbocycles. The number of nitrogens with one attached hydrogen (secondary N) is 2. The van der Waals surface area contributed by atoms with Crippen LogP contribution in [0.5, 0.6) is 11.5 Å². The maximum atomic E-state index is 12.4. The molecule has 2 aromatic rings. The van der Waals surface area contributed by atoms with Crippen LogP contribution in [0.3, 0.4) is 0 Å². The Bertz CT molecular complexity index is 838. The van der Waals surface area contributed by atoms with Crippen molar-refractivity contribution < 1.29 is 19.1 Å². The van der Waals surface area contributed by atoms with Gasteiger partial charge in [0.05, 0.1) is 26.3 Å². The molecule has 1 aliphatic rings. The van der Waals surface area contributed by atoms with Crippen LogP contribution in [0.15, 0.2) is 42.5 Å². The summed E-state index contributed by atoms with van der Waals surface area (Å²) in [7, 11) is 3.01. The topological polar surface area (TPSA) is 79.9 Å². The Balaban J connectivity index is 1.59. The number of hydrogen-bond donors (Lipinski definition) is 2. The summed E-state index contributed by atoms with van der Waals surface area (Å²) < 4.78 is 10.3. The van der Waals surface area contributed by atoms with E-state index in [2.05, 4.69) is 16.9 Å². The Labute approximate surface area is 158 Å². The van der Waals surface area contributed by atoms with Gasteiger partial charge in [0.25, 0.3) is 11.8 Å². The van der Waals surface area contributed by atoms with Crippen molar-refractivity contribution in [3.8, 4) is 11.5 Å². The first-order valence-corrected chi connectivity index (χ1v) is 8.76. The van der Waals surface area contributed by atoms with Gasteiger partial charge in [-0.25, -0.2) is 0 Å². The van der Waals surface area contributed by atoms with Gasteiger partial charge in [-0.1, -0.05) is 18.2 Å². The maximum Gasteiger partial charge on any atom is 0.273 e. The highest BCUT2D eigenvalue weighted by atomic mass is 16.5. The lowest BCUT2D eigenvalue weighted by atomic mass is 10.0. The zero-order valence-corrected chi connectivity index (χ0v) is 15.5. The minimum Gasteiger partial charge on any atom is -0.497 e. The Morgan fingerprint density at radius 3 is 2.67 bits per heavy atom. The first kappa shape index (κ1) is 18.6. The van der Waals surface area contributed by atoms with E-state index in [1.807, 2.05) is 23.1 Å². The predicted molar refractivity (Wildman–Crippen MR) is 102 cm³/mol. The van der Waals surface area contributed by atoms with Gasteiger partial charge in [-0.3, -0.25) is 20.4 Å². The molecule has 0 aromatic heterocycles. The molecule has 2 amide bonds. The quantitative estimate of drug-likeness (QED) is 0.787. The van der Waals surface area contributed by atoms with Gasteiger partial charge in [0.15, 0.2) is 0 Å². The lowest BCUT2D eigenvalue weighted by molar-refractivity contribution is -0.120. The molecular weight excluding hydrogens is 346 g/mol. The van der Waals surface area contributed by atoms with Crippen LogP contribution in [0.4, 0.5) is 5.69 Å². The molecule has 7 nitrogen and oxygen atoms in total. The van der Waals surface area contributed by atoms with Crippen LogP contribution in [0.25, 0.3) is 0 Å². The Hall–Kier alpha value is -3.22. The molecule has 1 aliphatic heterocycles. The molecule has 0 unspecified atom stereocenters. The van der Waals surface area contributed by atoms with Crippen molar-refractivity contribution in [3.05, 3.63) is 53.6 Å². The number of rotatable bonds is 5. The van der Waals surface area contributed by atoms with Crippen LogP contribution in [-0.4, -0.2) is 39.1 Å². The van der Waals surface area contributed by atoms with Gasteiger partial charge >= 0.3 is 0 Å². The SMILES string of the molecule is COc1ccc(C(=O)NNC(=O)CN2CCCc3ccccc32)c(OC)c1. The summed E-state index contributed by atoms with van der Waals surface area (Å²) in [4.78, 5) is 26.7. The summed E-state index contributed by atoms with van der Waals surface area (Å²) in [5.74, 6) is 0.205. The lowest BCUT2D eigenvalue weighted by Gasteiger charge is -2.30. The smallest absolute Gasteiger partial charge is 0.273 e. The highest BCUT2D eigenvalue weighted by molar-refractivity contribution is 5.98. The molecule has 27 heavy (non-hydrogen) atoms. The second-order valence-corrected chi connectivity index (χ2v) is 6.22. The van der Waals surface area contributed by atoms with Gasteiger partial charge < -0.3 is 14.4 Å². The van der Waals surface area contributed by atoms with Gasteiger partial charge in [0, 0.05) is 18.3 Å². The second-order valence-electron chi connectivity index (χ2n) is 6.22. The minimum absolute atomic E-state index is 0.178. The maximum absolute atomic E-state index is 12.4. The van der Waals surface area contributed by atoms with Gasteiger partial charge in [-0.15, -0.1) is 0 Å². The average Bonchev–Trinajstić information content (AvgIpc) is 2.71. The monoisotopic (exact) mass is 369 g/mol. The number of hydrazine groups is 1.